The van der Waals surface area contributed by atoms with Crippen molar-refractivity contribution in [2.24, 2.45) is 5.92 Å². The lowest BCUT2D eigenvalue weighted by Gasteiger charge is -2.33. The monoisotopic (exact) mass is 410 g/mol. The maximum absolute atomic E-state index is 13.1. The van der Waals surface area contributed by atoms with E-state index in [0.29, 0.717) is 42.7 Å². The average molecular weight is 411 g/mol. The fraction of sp³-hybridized carbons (Fsp3) is 0.500. The van der Waals surface area contributed by atoms with Crippen molar-refractivity contribution < 1.29 is 13.2 Å². The maximum atomic E-state index is 13.1. The molecular weight excluding hydrogens is 388 g/mol. The van der Waals surface area contributed by atoms with E-state index in [1.54, 1.807) is 28.8 Å². The first-order valence-corrected chi connectivity index (χ1v) is 12.1. The number of nitrogens with zero attached hydrogens (tertiary/aromatic N) is 2. The van der Waals surface area contributed by atoms with Gasteiger partial charge in [-0.15, -0.1) is 22.7 Å². The zero-order valence-corrected chi connectivity index (χ0v) is 16.9. The van der Waals surface area contributed by atoms with Crippen molar-refractivity contribution in [2.45, 2.75) is 42.5 Å². The number of hydrogen-bond acceptors (Lipinski definition) is 5. The molecule has 0 spiro atoms. The zero-order valence-electron chi connectivity index (χ0n) is 14.4. The van der Waals surface area contributed by atoms with Crippen LogP contribution in [0.15, 0.2) is 39.2 Å². The first-order valence-electron chi connectivity index (χ1n) is 8.92. The highest BCUT2D eigenvalue weighted by Crippen LogP contribution is 2.33. The average Bonchev–Trinajstić information content (AvgIpc) is 3.13. The Morgan fingerprint density at radius 3 is 2.35 bits per heavy atom. The molecule has 8 heteroatoms. The molecule has 0 aromatic carbocycles. The molecule has 0 N–H and O–H groups in total. The van der Waals surface area contributed by atoms with Gasteiger partial charge in [0.2, 0.25) is 5.91 Å². The van der Waals surface area contributed by atoms with Crippen LogP contribution in [0.25, 0.3) is 0 Å². The Morgan fingerprint density at radius 1 is 1.08 bits per heavy atom. The van der Waals surface area contributed by atoms with Crippen molar-refractivity contribution in [3.63, 3.8) is 0 Å². The topological polar surface area (TPSA) is 57.7 Å². The minimum atomic E-state index is -3.40. The molecule has 4 rings (SSSR count). The van der Waals surface area contributed by atoms with Crippen LogP contribution in [0.5, 0.6) is 0 Å². The smallest absolute Gasteiger partial charge is 0.252 e. The number of hydrogen-bond donors (Lipinski definition) is 0. The second-order valence-corrected chi connectivity index (χ2v) is 11.0. The molecule has 1 saturated carbocycles. The van der Waals surface area contributed by atoms with Gasteiger partial charge in [-0.3, -0.25) is 4.79 Å². The van der Waals surface area contributed by atoms with E-state index in [1.165, 1.54) is 20.5 Å². The van der Waals surface area contributed by atoms with E-state index >= 15 is 0 Å². The number of carbonyl (C=O) groups is 1. The third-order valence-corrected chi connectivity index (χ3v) is 9.20. The normalized spacial score (nSPS) is 19.5. The molecule has 0 unspecified atom stereocenters. The van der Waals surface area contributed by atoms with E-state index in [9.17, 15) is 13.2 Å². The van der Waals surface area contributed by atoms with Crippen LogP contribution < -0.4 is 0 Å². The Labute approximate surface area is 162 Å². The molecule has 5 nitrogen and oxygen atoms in total. The standard InChI is InChI=1S/C18H22N2O3S3/c21-18(20(15-5-6-15)13-16-3-1-11-24-16)14-7-9-19(10-8-14)26(22,23)17-4-2-12-25-17/h1-4,11-12,14-15H,5-10,13H2. The van der Waals surface area contributed by atoms with Crippen molar-refractivity contribution in [1.29, 1.82) is 0 Å². The van der Waals surface area contributed by atoms with Crippen molar-refractivity contribution in [3.8, 4) is 0 Å². The van der Waals surface area contributed by atoms with E-state index < -0.39 is 10.0 Å². The van der Waals surface area contributed by atoms with Gasteiger partial charge in [0.05, 0.1) is 6.54 Å². The summed E-state index contributed by atoms with van der Waals surface area (Å²) < 4.78 is 27.2. The van der Waals surface area contributed by atoms with Gasteiger partial charge in [-0.1, -0.05) is 12.1 Å². The lowest BCUT2D eigenvalue weighted by molar-refractivity contribution is -0.138. The first-order chi connectivity index (χ1) is 12.6. The van der Waals surface area contributed by atoms with Crippen molar-refractivity contribution in [1.82, 2.24) is 9.21 Å². The van der Waals surface area contributed by atoms with E-state index in [-0.39, 0.29) is 11.8 Å². The maximum Gasteiger partial charge on any atom is 0.252 e. The Morgan fingerprint density at radius 2 is 1.77 bits per heavy atom. The van der Waals surface area contributed by atoms with Gasteiger partial charge in [-0.25, -0.2) is 8.42 Å². The Hall–Kier alpha value is -1.22. The van der Waals surface area contributed by atoms with Gasteiger partial charge in [0.15, 0.2) is 0 Å². The second kappa shape index (κ2) is 7.42. The Bertz CT molecular complexity index is 834. The van der Waals surface area contributed by atoms with Gasteiger partial charge in [0.25, 0.3) is 10.0 Å². The molecule has 0 radical (unpaired) electrons. The number of carbonyl (C=O) groups excluding carboxylic acids is 1. The van der Waals surface area contributed by atoms with Crippen LogP contribution in [0.1, 0.15) is 30.6 Å². The number of sulfonamides is 1. The summed E-state index contributed by atoms with van der Waals surface area (Å²) in [5.41, 5.74) is 0. The summed E-state index contributed by atoms with van der Waals surface area (Å²) in [6.07, 6.45) is 3.39. The summed E-state index contributed by atoms with van der Waals surface area (Å²) in [6, 6.07) is 7.86. The zero-order chi connectivity index (χ0) is 18.1. The summed E-state index contributed by atoms with van der Waals surface area (Å²) in [5, 5.41) is 3.82. The van der Waals surface area contributed by atoms with Gasteiger partial charge in [-0.2, -0.15) is 4.31 Å². The van der Waals surface area contributed by atoms with Crippen LogP contribution in [0, 0.1) is 5.92 Å². The van der Waals surface area contributed by atoms with Crippen LogP contribution in [0.3, 0.4) is 0 Å². The Balaban J connectivity index is 1.40. The third kappa shape index (κ3) is 3.74. The molecule has 2 aliphatic rings. The fourth-order valence-corrected chi connectivity index (χ4v) is 6.78. The SMILES string of the molecule is O=C(C1CCN(S(=O)(=O)c2cccs2)CC1)N(Cc1cccs1)C1CC1. The molecule has 2 fully saturated rings. The minimum absolute atomic E-state index is 0.0645. The number of piperidine rings is 1. The van der Waals surface area contributed by atoms with E-state index in [2.05, 4.69) is 6.07 Å². The highest BCUT2D eigenvalue weighted by Gasteiger charge is 2.38. The summed E-state index contributed by atoms with van der Waals surface area (Å²) in [5.74, 6) is 0.138. The molecule has 140 valence electrons. The largest absolute Gasteiger partial charge is 0.334 e. The molecule has 3 heterocycles. The number of rotatable bonds is 6. The number of thiophene rings is 2. The van der Waals surface area contributed by atoms with Crippen LogP contribution in [-0.2, 0) is 21.4 Å². The molecule has 26 heavy (non-hydrogen) atoms. The van der Waals surface area contributed by atoms with Crippen molar-refractivity contribution in [2.75, 3.05) is 13.1 Å². The molecule has 1 aliphatic carbocycles. The molecule has 2 aromatic rings. The minimum Gasteiger partial charge on any atom is -0.334 e. The van der Waals surface area contributed by atoms with Gasteiger partial charge in [0.1, 0.15) is 4.21 Å². The molecular formula is C18H22N2O3S3. The second-order valence-electron chi connectivity index (χ2n) is 6.89. The summed E-state index contributed by atoms with van der Waals surface area (Å²) in [4.78, 5) is 16.3. The van der Waals surface area contributed by atoms with Gasteiger partial charge < -0.3 is 4.90 Å². The van der Waals surface area contributed by atoms with E-state index in [0.717, 1.165) is 12.8 Å². The van der Waals surface area contributed by atoms with Crippen LogP contribution in [-0.4, -0.2) is 42.7 Å². The molecule has 0 atom stereocenters. The lowest BCUT2D eigenvalue weighted by atomic mass is 9.96. The fourth-order valence-electron chi connectivity index (χ4n) is 3.46. The van der Waals surface area contributed by atoms with Crippen molar-refractivity contribution >= 4 is 38.6 Å². The molecule has 0 bridgehead atoms. The molecule has 1 aliphatic heterocycles. The summed E-state index contributed by atoms with van der Waals surface area (Å²) >= 11 is 2.93. The predicted molar refractivity (Wildman–Crippen MR) is 104 cm³/mol. The quantitative estimate of drug-likeness (QED) is 0.733. The molecule has 1 amide bonds. The van der Waals surface area contributed by atoms with Crippen LogP contribution in [0.2, 0.25) is 0 Å². The van der Waals surface area contributed by atoms with Crippen LogP contribution >= 0.6 is 22.7 Å². The first kappa shape index (κ1) is 18.2. The Kier molecular flexibility index (Phi) is 5.18. The predicted octanol–water partition coefficient (Wildman–Crippen LogP) is 3.40. The van der Waals surface area contributed by atoms with Crippen LogP contribution in [0.4, 0.5) is 0 Å². The highest BCUT2D eigenvalue weighted by atomic mass is 32.2. The lowest BCUT2D eigenvalue weighted by Crippen LogP contribution is -2.44. The summed E-state index contributed by atoms with van der Waals surface area (Å²) in [7, 11) is -3.40. The van der Waals surface area contributed by atoms with Gasteiger partial charge >= 0.3 is 0 Å². The van der Waals surface area contributed by atoms with Crippen molar-refractivity contribution in [3.05, 3.63) is 39.9 Å². The third-order valence-electron chi connectivity index (χ3n) is 5.07. The highest BCUT2D eigenvalue weighted by molar-refractivity contribution is 7.91. The molecule has 1 saturated heterocycles. The van der Waals surface area contributed by atoms with Gasteiger partial charge in [0, 0.05) is 29.9 Å². The van der Waals surface area contributed by atoms with E-state index in [1.807, 2.05) is 16.3 Å². The van der Waals surface area contributed by atoms with E-state index in [4.69, 9.17) is 0 Å². The number of amides is 1. The summed E-state index contributed by atoms with van der Waals surface area (Å²) in [6.45, 7) is 1.54. The molecule has 2 aromatic heterocycles. The van der Waals surface area contributed by atoms with Gasteiger partial charge in [-0.05, 0) is 48.6 Å².